The summed E-state index contributed by atoms with van der Waals surface area (Å²) < 4.78 is 0. The van der Waals surface area contributed by atoms with Gasteiger partial charge in [0.05, 0.1) is 5.52 Å². The molecule has 1 unspecified atom stereocenters. The fourth-order valence-electron chi connectivity index (χ4n) is 4.65. The highest BCUT2D eigenvalue weighted by atomic mass is 15.1. The highest BCUT2D eigenvalue weighted by molar-refractivity contribution is 5.93. The Morgan fingerprint density at radius 1 is 1.24 bits per heavy atom. The SMILES string of the molecule is Cc1[nH]nc2cccc(NC3CCC(C)(CC4C=CC=CC4)CC3)c12. The summed E-state index contributed by atoms with van der Waals surface area (Å²) >= 11 is 0. The van der Waals surface area contributed by atoms with Gasteiger partial charge in [-0.05, 0) is 68.9 Å². The van der Waals surface area contributed by atoms with Crippen LogP contribution in [-0.4, -0.2) is 16.2 Å². The van der Waals surface area contributed by atoms with Gasteiger partial charge in [-0.15, -0.1) is 0 Å². The second-order valence-corrected chi connectivity index (χ2v) is 8.29. The molecule has 1 fully saturated rings. The normalized spacial score (nSPS) is 29.2. The standard InChI is InChI=1S/C22H29N3/c1-16-21-19(9-6-10-20(21)25-24-16)23-18-11-13-22(2,14-12-18)15-17-7-4-3-5-8-17/h3-7,9-10,17-18,23H,8,11-15H2,1-2H3,(H,24,25). The summed E-state index contributed by atoms with van der Waals surface area (Å²) in [7, 11) is 0. The number of aryl methyl sites for hydroxylation is 1. The van der Waals surface area contributed by atoms with E-state index < -0.39 is 0 Å². The maximum atomic E-state index is 4.38. The topological polar surface area (TPSA) is 40.7 Å². The number of anilines is 1. The van der Waals surface area contributed by atoms with Crippen LogP contribution in [0.4, 0.5) is 5.69 Å². The Kier molecular flexibility index (Phi) is 4.41. The molecule has 1 aromatic carbocycles. The van der Waals surface area contributed by atoms with Crippen LogP contribution in [0, 0.1) is 18.3 Å². The summed E-state index contributed by atoms with van der Waals surface area (Å²) in [5, 5.41) is 12.5. The summed E-state index contributed by atoms with van der Waals surface area (Å²) in [6.45, 7) is 4.60. The average molecular weight is 335 g/mol. The predicted molar refractivity (Wildman–Crippen MR) is 106 cm³/mol. The van der Waals surface area contributed by atoms with Crippen molar-refractivity contribution in [3.05, 3.63) is 48.2 Å². The van der Waals surface area contributed by atoms with Crippen molar-refractivity contribution in [2.45, 2.75) is 58.4 Å². The molecular weight excluding hydrogens is 306 g/mol. The van der Waals surface area contributed by atoms with Crippen molar-refractivity contribution in [2.24, 2.45) is 11.3 Å². The zero-order valence-electron chi connectivity index (χ0n) is 15.4. The highest BCUT2D eigenvalue weighted by Crippen LogP contribution is 2.43. The van der Waals surface area contributed by atoms with Crippen molar-refractivity contribution in [1.29, 1.82) is 0 Å². The molecule has 2 N–H and O–H groups in total. The lowest BCUT2D eigenvalue weighted by atomic mass is 9.68. The molecule has 1 aromatic heterocycles. The molecule has 0 saturated heterocycles. The number of fused-ring (bicyclic) bond motifs is 1. The van der Waals surface area contributed by atoms with E-state index in [0.717, 1.165) is 17.1 Å². The van der Waals surface area contributed by atoms with Gasteiger partial charge in [-0.1, -0.05) is 37.3 Å². The first-order chi connectivity index (χ1) is 12.1. The van der Waals surface area contributed by atoms with Crippen LogP contribution in [0.1, 0.15) is 51.1 Å². The number of nitrogens with zero attached hydrogens (tertiary/aromatic N) is 1. The molecule has 0 aliphatic heterocycles. The van der Waals surface area contributed by atoms with E-state index in [1.807, 2.05) is 0 Å². The van der Waals surface area contributed by atoms with E-state index >= 15 is 0 Å². The molecule has 2 aromatic rings. The molecule has 1 atom stereocenters. The number of aromatic nitrogens is 2. The lowest BCUT2D eigenvalue weighted by Crippen LogP contribution is -2.33. The first-order valence-electron chi connectivity index (χ1n) is 9.67. The van der Waals surface area contributed by atoms with Crippen LogP contribution in [0.2, 0.25) is 0 Å². The Bertz CT molecular complexity index is 791. The van der Waals surface area contributed by atoms with Gasteiger partial charge in [0.15, 0.2) is 0 Å². The van der Waals surface area contributed by atoms with Gasteiger partial charge in [-0.25, -0.2) is 0 Å². The van der Waals surface area contributed by atoms with Crippen molar-refractivity contribution >= 4 is 16.6 Å². The Hall–Kier alpha value is -2.03. The second-order valence-electron chi connectivity index (χ2n) is 8.29. The maximum absolute atomic E-state index is 4.38. The summed E-state index contributed by atoms with van der Waals surface area (Å²) in [5.41, 5.74) is 3.93. The van der Waals surface area contributed by atoms with Crippen molar-refractivity contribution in [1.82, 2.24) is 10.2 Å². The summed E-state index contributed by atoms with van der Waals surface area (Å²) in [6, 6.07) is 6.95. The summed E-state index contributed by atoms with van der Waals surface area (Å²) in [5.74, 6) is 0.738. The smallest absolute Gasteiger partial charge is 0.0944 e. The van der Waals surface area contributed by atoms with Gasteiger partial charge in [0.1, 0.15) is 0 Å². The molecule has 25 heavy (non-hydrogen) atoms. The van der Waals surface area contributed by atoms with Gasteiger partial charge < -0.3 is 5.32 Å². The van der Waals surface area contributed by atoms with Crippen LogP contribution in [0.25, 0.3) is 10.9 Å². The predicted octanol–water partition coefficient (Wildman–Crippen LogP) is 5.75. The summed E-state index contributed by atoms with van der Waals surface area (Å²) in [4.78, 5) is 0. The van der Waals surface area contributed by atoms with Crippen molar-refractivity contribution in [3.63, 3.8) is 0 Å². The molecule has 0 amide bonds. The second kappa shape index (κ2) is 6.70. The van der Waals surface area contributed by atoms with Crippen LogP contribution in [0.3, 0.4) is 0 Å². The van der Waals surface area contributed by atoms with Crippen LogP contribution in [0.15, 0.2) is 42.5 Å². The molecule has 1 saturated carbocycles. The number of nitrogens with one attached hydrogen (secondary N) is 2. The summed E-state index contributed by atoms with van der Waals surface area (Å²) in [6.07, 6.45) is 16.8. The molecule has 1 heterocycles. The maximum Gasteiger partial charge on any atom is 0.0944 e. The zero-order valence-corrected chi connectivity index (χ0v) is 15.4. The highest BCUT2D eigenvalue weighted by Gasteiger charge is 2.32. The van der Waals surface area contributed by atoms with Crippen molar-refractivity contribution < 1.29 is 0 Å². The molecule has 4 rings (SSSR count). The third-order valence-electron chi connectivity index (χ3n) is 6.14. The van der Waals surface area contributed by atoms with E-state index in [2.05, 4.69) is 71.9 Å². The van der Waals surface area contributed by atoms with Crippen molar-refractivity contribution in [2.75, 3.05) is 5.32 Å². The molecule has 0 bridgehead atoms. The van der Waals surface area contributed by atoms with Crippen molar-refractivity contribution in [3.8, 4) is 0 Å². The Morgan fingerprint density at radius 3 is 2.84 bits per heavy atom. The van der Waals surface area contributed by atoms with Gasteiger partial charge in [0.25, 0.3) is 0 Å². The first-order valence-corrected chi connectivity index (χ1v) is 9.67. The number of rotatable bonds is 4. The minimum absolute atomic E-state index is 0.496. The number of hydrogen-bond donors (Lipinski definition) is 2. The molecular formula is C22H29N3. The first kappa shape index (κ1) is 16.4. The fourth-order valence-corrected chi connectivity index (χ4v) is 4.65. The molecule has 2 aliphatic rings. The number of allylic oxidation sites excluding steroid dienone is 4. The number of aromatic amines is 1. The van der Waals surface area contributed by atoms with E-state index in [4.69, 9.17) is 0 Å². The monoisotopic (exact) mass is 335 g/mol. The van der Waals surface area contributed by atoms with E-state index in [1.165, 1.54) is 49.6 Å². The van der Waals surface area contributed by atoms with Gasteiger partial charge in [0, 0.05) is 22.8 Å². The van der Waals surface area contributed by atoms with E-state index in [9.17, 15) is 0 Å². The Balaban J connectivity index is 1.39. The average Bonchev–Trinajstić information content (AvgIpc) is 3.00. The van der Waals surface area contributed by atoms with Crippen LogP contribution in [0.5, 0.6) is 0 Å². The Labute approximate surface area is 150 Å². The quantitative estimate of drug-likeness (QED) is 0.746. The molecule has 2 aliphatic carbocycles. The molecule has 0 radical (unpaired) electrons. The molecule has 3 nitrogen and oxygen atoms in total. The molecule has 0 spiro atoms. The molecule has 3 heteroatoms. The zero-order chi connectivity index (χ0) is 17.3. The minimum Gasteiger partial charge on any atom is -0.382 e. The van der Waals surface area contributed by atoms with Gasteiger partial charge >= 0.3 is 0 Å². The van der Waals surface area contributed by atoms with E-state index in [1.54, 1.807) is 0 Å². The fraction of sp³-hybridized carbons (Fsp3) is 0.500. The van der Waals surface area contributed by atoms with Crippen LogP contribution < -0.4 is 5.32 Å². The number of H-pyrrole nitrogens is 1. The lowest BCUT2D eigenvalue weighted by Gasteiger charge is -2.40. The molecule has 132 valence electrons. The third kappa shape index (κ3) is 3.51. The van der Waals surface area contributed by atoms with Gasteiger partial charge in [-0.3, -0.25) is 5.10 Å². The third-order valence-corrected chi connectivity index (χ3v) is 6.14. The Morgan fingerprint density at radius 2 is 2.08 bits per heavy atom. The van der Waals surface area contributed by atoms with Crippen LogP contribution in [-0.2, 0) is 0 Å². The largest absolute Gasteiger partial charge is 0.382 e. The number of hydrogen-bond acceptors (Lipinski definition) is 2. The van der Waals surface area contributed by atoms with Crippen LogP contribution >= 0.6 is 0 Å². The van der Waals surface area contributed by atoms with Gasteiger partial charge in [-0.2, -0.15) is 5.10 Å². The van der Waals surface area contributed by atoms with E-state index in [-0.39, 0.29) is 0 Å². The number of benzene rings is 1. The minimum atomic E-state index is 0.496. The lowest BCUT2D eigenvalue weighted by molar-refractivity contribution is 0.169. The van der Waals surface area contributed by atoms with Gasteiger partial charge in [0.2, 0.25) is 0 Å². The van der Waals surface area contributed by atoms with E-state index in [0.29, 0.717) is 11.5 Å².